The van der Waals surface area contributed by atoms with Crippen LogP contribution in [0.1, 0.15) is 44.3 Å². The third kappa shape index (κ3) is 3.97. The molecular weight excluding hydrogens is 282 g/mol. The first kappa shape index (κ1) is 15.3. The van der Waals surface area contributed by atoms with Crippen LogP contribution in [-0.2, 0) is 11.3 Å². The Morgan fingerprint density at radius 1 is 1.32 bits per heavy atom. The van der Waals surface area contributed by atoms with Crippen molar-refractivity contribution in [3.8, 4) is 0 Å². The summed E-state index contributed by atoms with van der Waals surface area (Å²) in [5.74, 6) is 2.85. The number of carbonyl (C=O) groups excluding carboxylic acids is 1. The number of rotatable bonds is 5. The van der Waals surface area contributed by atoms with Crippen LogP contribution in [0.4, 0.5) is 4.79 Å². The highest BCUT2D eigenvalue weighted by molar-refractivity contribution is 5.67. The van der Waals surface area contributed by atoms with Crippen molar-refractivity contribution in [1.82, 2.24) is 25.0 Å². The number of ether oxygens (including phenoxy) is 1. The molecule has 3 rings (SSSR count). The van der Waals surface area contributed by atoms with Gasteiger partial charge in [-0.2, -0.15) is 5.10 Å². The highest BCUT2D eigenvalue weighted by Gasteiger charge is 2.28. The fraction of sp³-hybridized carbons (Fsp3) is 0.800. The number of nitrogens with one attached hydrogen (secondary N) is 1. The van der Waals surface area contributed by atoms with Crippen LogP contribution in [0.25, 0.3) is 0 Å². The normalized spacial score (nSPS) is 19.7. The van der Waals surface area contributed by atoms with Crippen molar-refractivity contribution in [3.63, 3.8) is 0 Å². The van der Waals surface area contributed by atoms with E-state index >= 15 is 0 Å². The van der Waals surface area contributed by atoms with E-state index in [9.17, 15) is 4.79 Å². The predicted octanol–water partition coefficient (Wildman–Crippen LogP) is 1.59. The predicted molar refractivity (Wildman–Crippen MR) is 81.4 cm³/mol. The molecule has 1 saturated carbocycles. The second kappa shape index (κ2) is 6.64. The summed E-state index contributed by atoms with van der Waals surface area (Å²) in [4.78, 5) is 20.5. The van der Waals surface area contributed by atoms with Crippen molar-refractivity contribution in [2.24, 2.45) is 5.92 Å². The van der Waals surface area contributed by atoms with Gasteiger partial charge in [-0.25, -0.2) is 9.78 Å². The Balaban J connectivity index is 1.42. The summed E-state index contributed by atoms with van der Waals surface area (Å²) >= 11 is 0. The molecule has 7 heteroatoms. The van der Waals surface area contributed by atoms with E-state index in [0.717, 1.165) is 31.3 Å². The summed E-state index contributed by atoms with van der Waals surface area (Å²) in [7, 11) is 0. The first-order valence-corrected chi connectivity index (χ1v) is 8.17. The Morgan fingerprint density at radius 3 is 2.68 bits per heavy atom. The summed E-state index contributed by atoms with van der Waals surface area (Å²) in [6, 6.07) is 0. The molecule has 0 radical (unpaired) electrons. The van der Waals surface area contributed by atoms with E-state index in [1.807, 2.05) is 13.8 Å². The lowest BCUT2D eigenvalue weighted by molar-refractivity contribution is 0.0670. The van der Waals surface area contributed by atoms with Crippen molar-refractivity contribution in [1.29, 1.82) is 0 Å². The number of aromatic nitrogens is 3. The van der Waals surface area contributed by atoms with Crippen LogP contribution in [-0.4, -0.2) is 63.9 Å². The number of hydrogen-bond donors (Lipinski definition) is 1. The average molecular weight is 307 g/mol. The molecule has 2 heterocycles. The van der Waals surface area contributed by atoms with Gasteiger partial charge in [-0.3, -0.25) is 10.00 Å². The zero-order chi connectivity index (χ0) is 15.5. The molecule has 1 aromatic rings. The molecule has 0 unspecified atom stereocenters. The van der Waals surface area contributed by atoms with Gasteiger partial charge < -0.3 is 9.64 Å². The SMILES string of the molecule is CC(C)COC(=O)N1CCN(Cc2nc(C3CC3)n[nH]2)CC1. The van der Waals surface area contributed by atoms with Crippen LogP contribution < -0.4 is 0 Å². The second-order valence-electron chi connectivity index (χ2n) is 6.65. The van der Waals surface area contributed by atoms with Crippen molar-refractivity contribution in [2.45, 2.75) is 39.2 Å². The summed E-state index contributed by atoms with van der Waals surface area (Å²) in [6.45, 7) is 8.44. The molecule has 1 amide bonds. The van der Waals surface area contributed by atoms with Crippen LogP contribution in [0.2, 0.25) is 0 Å². The van der Waals surface area contributed by atoms with E-state index < -0.39 is 0 Å². The maximum Gasteiger partial charge on any atom is 0.409 e. The molecule has 22 heavy (non-hydrogen) atoms. The maximum absolute atomic E-state index is 11.9. The van der Waals surface area contributed by atoms with E-state index in [0.29, 0.717) is 31.5 Å². The van der Waals surface area contributed by atoms with Crippen LogP contribution in [0.5, 0.6) is 0 Å². The van der Waals surface area contributed by atoms with Gasteiger partial charge in [-0.15, -0.1) is 0 Å². The molecule has 1 N–H and O–H groups in total. The smallest absolute Gasteiger partial charge is 0.409 e. The van der Waals surface area contributed by atoms with Crippen LogP contribution >= 0.6 is 0 Å². The molecule has 2 fully saturated rings. The van der Waals surface area contributed by atoms with E-state index in [2.05, 4.69) is 20.1 Å². The third-order valence-corrected chi connectivity index (χ3v) is 4.04. The topological polar surface area (TPSA) is 74.3 Å². The number of nitrogens with zero attached hydrogens (tertiary/aromatic N) is 4. The molecule has 1 saturated heterocycles. The van der Waals surface area contributed by atoms with E-state index in [1.54, 1.807) is 4.90 Å². The second-order valence-corrected chi connectivity index (χ2v) is 6.65. The molecule has 2 aliphatic rings. The lowest BCUT2D eigenvalue weighted by Gasteiger charge is -2.33. The molecule has 0 aromatic carbocycles. The number of amides is 1. The van der Waals surface area contributed by atoms with Gasteiger partial charge in [0.15, 0.2) is 5.82 Å². The highest BCUT2D eigenvalue weighted by Crippen LogP contribution is 2.37. The van der Waals surface area contributed by atoms with E-state index in [4.69, 9.17) is 4.74 Å². The summed E-state index contributed by atoms with van der Waals surface area (Å²) in [5, 5.41) is 7.31. The number of hydrogen-bond acceptors (Lipinski definition) is 5. The van der Waals surface area contributed by atoms with Gasteiger partial charge in [0.05, 0.1) is 13.2 Å². The van der Waals surface area contributed by atoms with Crippen molar-refractivity contribution >= 4 is 6.09 Å². The molecule has 122 valence electrons. The van der Waals surface area contributed by atoms with Gasteiger partial charge >= 0.3 is 6.09 Å². The maximum atomic E-state index is 11.9. The Hall–Kier alpha value is -1.63. The number of piperazine rings is 1. The fourth-order valence-electron chi connectivity index (χ4n) is 2.53. The number of H-pyrrole nitrogens is 1. The Labute approximate surface area is 131 Å². The van der Waals surface area contributed by atoms with Gasteiger partial charge in [-0.1, -0.05) is 13.8 Å². The minimum atomic E-state index is -0.191. The van der Waals surface area contributed by atoms with Crippen LogP contribution in [0, 0.1) is 5.92 Å². The van der Waals surface area contributed by atoms with Gasteiger partial charge in [0.25, 0.3) is 0 Å². The van der Waals surface area contributed by atoms with Gasteiger partial charge in [0.1, 0.15) is 5.82 Å². The van der Waals surface area contributed by atoms with Crippen LogP contribution in [0.3, 0.4) is 0 Å². The Kier molecular flexibility index (Phi) is 4.61. The van der Waals surface area contributed by atoms with E-state index in [-0.39, 0.29) is 6.09 Å². The average Bonchev–Trinajstić information content (AvgIpc) is 3.26. The zero-order valence-electron chi connectivity index (χ0n) is 13.4. The Morgan fingerprint density at radius 2 is 2.05 bits per heavy atom. The van der Waals surface area contributed by atoms with Gasteiger partial charge in [-0.05, 0) is 18.8 Å². The van der Waals surface area contributed by atoms with Gasteiger partial charge in [0, 0.05) is 32.1 Å². The third-order valence-electron chi connectivity index (χ3n) is 4.04. The standard InChI is InChI=1S/C15H25N5O2/c1-11(2)10-22-15(21)20-7-5-19(6-8-20)9-13-16-14(18-17-13)12-3-4-12/h11-12H,3-10H2,1-2H3,(H,16,17,18). The van der Waals surface area contributed by atoms with Crippen molar-refractivity contribution < 1.29 is 9.53 Å². The molecule has 0 atom stereocenters. The molecule has 0 bridgehead atoms. The molecule has 0 spiro atoms. The minimum absolute atomic E-state index is 0.191. The lowest BCUT2D eigenvalue weighted by atomic mass is 10.2. The minimum Gasteiger partial charge on any atom is -0.449 e. The number of carbonyl (C=O) groups is 1. The van der Waals surface area contributed by atoms with Crippen molar-refractivity contribution in [2.75, 3.05) is 32.8 Å². The summed E-state index contributed by atoms with van der Waals surface area (Å²) in [6.07, 6.45) is 2.24. The van der Waals surface area contributed by atoms with Crippen molar-refractivity contribution in [3.05, 3.63) is 11.6 Å². The first-order chi connectivity index (χ1) is 10.6. The molecule has 1 aliphatic heterocycles. The first-order valence-electron chi connectivity index (χ1n) is 8.17. The monoisotopic (exact) mass is 307 g/mol. The molecular formula is C15H25N5O2. The summed E-state index contributed by atoms with van der Waals surface area (Å²) in [5.41, 5.74) is 0. The van der Waals surface area contributed by atoms with Crippen LogP contribution in [0.15, 0.2) is 0 Å². The summed E-state index contributed by atoms with van der Waals surface area (Å²) < 4.78 is 5.27. The molecule has 7 nitrogen and oxygen atoms in total. The Bertz CT molecular complexity index is 504. The fourth-order valence-corrected chi connectivity index (χ4v) is 2.53. The lowest BCUT2D eigenvalue weighted by Crippen LogP contribution is -2.48. The number of aromatic amines is 1. The van der Waals surface area contributed by atoms with Gasteiger partial charge in [0.2, 0.25) is 0 Å². The zero-order valence-corrected chi connectivity index (χ0v) is 13.4. The quantitative estimate of drug-likeness (QED) is 0.894. The molecule has 1 aliphatic carbocycles. The van der Waals surface area contributed by atoms with E-state index in [1.165, 1.54) is 12.8 Å². The molecule has 1 aromatic heterocycles. The highest BCUT2D eigenvalue weighted by atomic mass is 16.6. The largest absolute Gasteiger partial charge is 0.449 e.